The minimum atomic E-state index is -1.02. The van der Waals surface area contributed by atoms with E-state index < -0.39 is 12.3 Å². The quantitative estimate of drug-likeness (QED) is 0.200. The number of aliphatic hydroxyl groups excluding tert-OH is 1. The Morgan fingerprint density at radius 3 is 2.37 bits per heavy atom. The highest BCUT2D eigenvalue weighted by molar-refractivity contribution is 7.99. The number of carbonyl (C=O) groups is 1. The lowest BCUT2D eigenvalue weighted by atomic mass is 9.84. The molecular weight excluding hydrogens is 500 g/mol. The third-order valence-corrected chi connectivity index (χ3v) is 7.63. The molecule has 1 aromatic heterocycles. The van der Waals surface area contributed by atoms with Crippen molar-refractivity contribution in [1.29, 1.82) is 0 Å². The van der Waals surface area contributed by atoms with E-state index in [2.05, 4.69) is 17.1 Å². The maximum Gasteiger partial charge on any atom is 0.338 e. The van der Waals surface area contributed by atoms with Crippen molar-refractivity contribution in [3.63, 3.8) is 0 Å². The van der Waals surface area contributed by atoms with E-state index in [0.29, 0.717) is 16.5 Å². The Labute approximate surface area is 225 Å². The van der Waals surface area contributed by atoms with Gasteiger partial charge in [-0.2, -0.15) is 0 Å². The molecule has 4 aromatic rings. The van der Waals surface area contributed by atoms with Gasteiger partial charge in [0.15, 0.2) is 6.29 Å². The summed E-state index contributed by atoms with van der Waals surface area (Å²) in [5.74, 6) is -0.768. The molecule has 4 N–H and O–H groups in total. The van der Waals surface area contributed by atoms with Crippen LogP contribution in [0.15, 0.2) is 102 Å². The molecule has 2 heterocycles. The molecule has 7 nitrogen and oxygen atoms in total. The summed E-state index contributed by atoms with van der Waals surface area (Å²) < 4.78 is 13.2. The maximum atomic E-state index is 11.8. The number of aliphatic hydroxyl groups is 1. The Morgan fingerprint density at radius 1 is 0.895 bits per heavy atom. The molecule has 0 bridgehead atoms. The highest BCUT2D eigenvalue weighted by Gasteiger charge is 2.42. The zero-order valence-electron chi connectivity index (χ0n) is 20.5. The number of nitrogens with zero attached hydrogens (tertiary/aromatic N) is 1. The summed E-state index contributed by atoms with van der Waals surface area (Å²) in [5.41, 5.74) is 10.4. The Hall–Kier alpha value is -3.69. The van der Waals surface area contributed by atoms with Crippen molar-refractivity contribution in [2.24, 2.45) is 0 Å². The monoisotopic (exact) mass is 528 g/mol. The smallest absolute Gasteiger partial charge is 0.338 e. The number of hydrogen-bond donors (Lipinski definition) is 3. The van der Waals surface area contributed by atoms with E-state index in [-0.39, 0.29) is 30.3 Å². The molecular formula is C30H28N2O5S. The van der Waals surface area contributed by atoms with Gasteiger partial charge in [0.1, 0.15) is 5.03 Å². The summed E-state index contributed by atoms with van der Waals surface area (Å²) in [5, 5.41) is 19.6. The molecule has 4 unspecified atom stereocenters. The van der Waals surface area contributed by atoms with Crippen LogP contribution in [0.3, 0.4) is 0 Å². The second-order valence-corrected chi connectivity index (χ2v) is 10.1. The van der Waals surface area contributed by atoms with Crippen molar-refractivity contribution in [3.05, 3.63) is 125 Å². The molecule has 194 valence electrons. The molecule has 0 aliphatic carbocycles. The van der Waals surface area contributed by atoms with Gasteiger partial charge in [0, 0.05) is 29.1 Å². The number of carboxylic acid groups (broad SMARTS) is 1. The molecule has 1 fully saturated rings. The standard InChI is InChI=1S/C30H28N2O5S/c31-23-9-4-8-22(16-23)30-36-25(18-38-28-24(29(34)35)10-5-15-32-28)26(20-6-2-1-3-7-20)27(37-30)21-13-11-19(17-33)12-14-21/h1-16,25-27,30,33H,17-18,31H2,(H,34,35). The van der Waals surface area contributed by atoms with Crippen LogP contribution in [0.2, 0.25) is 0 Å². The number of pyridine rings is 1. The van der Waals surface area contributed by atoms with Gasteiger partial charge in [0.2, 0.25) is 0 Å². The van der Waals surface area contributed by atoms with E-state index >= 15 is 0 Å². The maximum absolute atomic E-state index is 11.8. The predicted molar refractivity (Wildman–Crippen MR) is 146 cm³/mol. The first kappa shape index (κ1) is 25.9. The SMILES string of the molecule is Nc1cccc(C2OC(CSc3ncccc3C(=O)O)C(c3ccccc3)C(c3ccc(CO)cc3)O2)c1. The van der Waals surface area contributed by atoms with E-state index in [0.717, 1.165) is 22.3 Å². The molecule has 38 heavy (non-hydrogen) atoms. The van der Waals surface area contributed by atoms with Crippen LogP contribution in [0, 0.1) is 0 Å². The fourth-order valence-corrected chi connectivity index (χ4v) is 5.74. The van der Waals surface area contributed by atoms with Gasteiger partial charge in [-0.05, 0) is 41.0 Å². The van der Waals surface area contributed by atoms with Crippen molar-refractivity contribution in [3.8, 4) is 0 Å². The largest absolute Gasteiger partial charge is 0.478 e. The van der Waals surface area contributed by atoms with Crippen molar-refractivity contribution in [2.75, 3.05) is 11.5 Å². The van der Waals surface area contributed by atoms with Gasteiger partial charge in [-0.3, -0.25) is 0 Å². The van der Waals surface area contributed by atoms with Gasteiger partial charge in [0.25, 0.3) is 0 Å². The van der Waals surface area contributed by atoms with E-state index in [1.807, 2.05) is 66.7 Å². The summed E-state index contributed by atoms with van der Waals surface area (Å²) in [7, 11) is 0. The molecule has 4 atom stereocenters. The number of ether oxygens (including phenoxy) is 2. The third-order valence-electron chi connectivity index (χ3n) is 6.54. The average Bonchev–Trinajstić information content (AvgIpc) is 2.96. The Kier molecular flexibility index (Phi) is 8.05. The lowest BCUT2D eigenvalue weighted by Gasteiger charge is -2.43. The number of carboxylic acids is 1. The van der Waals surface area contributed by atoms with Gasteiger partial charge < -0.3 is 25.4 Å². The average molecular weight is 529 g/mol. The Morgan fingerprint density at radius 2 is 1.66 bits per heavy atom. The summed E-state index contributed by atoms with van der Waals surface area (Å²) in [6, 6.07) is 28.4. The molecule has 0 amide bonds. The van der Waals surface area contributed by atoms with Gasteiger partial charge in [-0.25, -0.2) is 9.78 Å². The minimum absolute atomic E-state index is 0.0435. The van der Waals surface area contributed by atoms with Crippen LogP contribution in [0.4, 0.5) is 5.69 Å². The number of benzene rings is 3. The molecule has 0 spiro atoms. The van der Waals surface area contributed by atoms with E-state index in [1.165, 1.54) is 11.8 Å². The number of thioether (sulfide) groups is 1. The van der Waals surface area contributed by atoms with Crippen LogP contribution in [-0.4, -0.2) is 33.0 Å². The lowest BCUT2D eigenvalue weighted by Crippen LogP contribution is -2.38. The normalized spacial score (nSPS) is 21.2. The summed E-state index contributed by atoms with van der Waals surface area (Å²) >= 11 is 1.35. The predicted octanol–water partition coefficient (Wildman–Crippen LogP) is 5.59. The van der Waals surface area contributed by atoms with E-state index in [4.69, 9.17) is 15.2 Å². The molecule has 1 aliphatic rings. The van der Waals surface area contributed by atoms with Crippen molar-refractivity contribution in [1.82, 2.24) is 4.98 Å². The van der Waals surface area contributed by atoms with Gasteiger partial charge >= 0.3 is 5.97 Å². The van der Waals surface area contributed by atoms with Gasteiger partial charge in [-0.15, -0.1) is 11.8 Å². The highest BCUT2D eigenvalue weighted by Crippen LogP contribution is 2.48. The molecule has 8 heteroatoms. The molecule has 3 aromatic carbocycles. The number of nitrogens with two attached hydrogens (primary N) is 1. The van der Waals surface area contributed by atoms with Gasteiger partial charge in [-0.1, -0.05) is 66.7 Å². The number of hydrogen-bond acceptors (Lipinski definition) is 7. The van der Waals surface area contributed by atoms with E-state index in [9.17, 15) is 15.0 Å². The Bertz CT molecular complexity index is 1380. The first-order valence-corrected chi connectivity index (χ1v) is 13.2. The molecule has 1 saturated heterocycles. The van der Waals surface area contributed by atoms with Crippen molar-refractivity contribution >= 4 is 23.4 Å². The number of anilines is 1. The van der Waals surface area contributed by atoms with Gasteiger partial charge in [0.05, 0.1) is 24.4 Å². The first-order chi connectivity index (χ1) is 18.5. The van der Waals surface area contributed by atoms with E-state index in [1.54, 1.807) is 18.3 Å². The zero-order valence-corrected chi connectivity index (χ0v) is 21.3. The fourth-order valence-electron chi connectivity index (χ4n) is 4.69. The number of nitrogen functional groups attached to an aromatic ring is 1. The van der Waals surface area contributed by atoms with Crippen LogP contribution >= 0.6 is 11.8 Å². The highest BCUT2D eigenvalue weighted by atomic mass is 32.2. The number of aromatic carboxylic acids is 1. The molecule has 5 rings (SSSR count). The summed E-state index contributed by atoms with van der Waals surface area (Å²) in [6.07, 6.45) is 0.177. The summed E-state index contributed by atoms with van der Waals surface area (Å²) in [6.45, 7) is -0.0435. The van der Waals surface area contributed by atoms with Crippen LogP contribution in [0.5, 0.6) is 0 Å². The number of rotatable bonds is 8. The fraction of sp³-hybridized carbons (Fsp3) is 0.200. The number of aromatic nitrogens is 1. The second kappa shape index (κ2) is 11.8. The van der Waals surface area contributed by atoms with Crippen molar-refractivity contribution < 1.29 is 24.5 Å². The summed E-state index contributed by atoms with van der Waals surface area (Å²) in [4.78, 5) is 16.1. The molecule has 1 aliphatic heterocycles. The van der Waals surface area contributed by atoms with Crippen LogP contribution in [0.1, 0.15) is 50.9 Å². The second-order valence-electron chi connectivity index (χ2n) is 9.04. The van der Waals surface area contributed by atoms with Crippen LogP contribution in [-0.2, 0) is 16.1 Å². The van der Waals surface area contributed by atoms with Crippen LogP contribution in [0.25, 0.3) is 0 Å². The lowest BCUT2D eigenvalue weighted by molar-refractivity contribution is -0.255. The zero-order chi connectivity index (χ0) is 26.5. The topological polar surface area (TPSA) is 115 Å². The minimum Gasteiger partial charge on any atom is -0.478 e. The first-order valence-electron chi connectivity index (χ1n) is 12.3. The van der Waals surface area contributed by atoms with Crippen LogP contribution < -0.4 is 5.73 Å². The molecule has 0 radical (unpaired) electrons. The molecule has 0 saturated carbocycles. The Balaban J connectivity index is 1.55. The van der Waals surface area contributed by atoms with Crippen molar-refractivity contribution in [2.45, 2.75) is 36.0 Å². The third kappa shape index (κ3) is 5.74.